The van der Waals surface area contributed by atoms with Crippen LogP contribution in [0.5, 0.6) is 0 Å². The molecule has 1 aromatic carbocycles. The minimum absolute atomic E-state index is 0.0580. The quantitative estimate of drug-likeness (QED) is 0.753. The van der Waals surface area contributed by atoms with Gasteiger partial charge in [-0.2, -0.15) is 0 Å². The van der Waals surface area contributed by atoms with Gasteiger partial charge in [-0.1, -0.05) is 6.07 Å². The van der Waals surface area contributed by atoms with E-state index in [2.05, 4.69) is 44.3 Å². The van der Waals surface area contributed by atoms with Crippen molar-refractivity contribution in [3.8, 4) is 0 Å². The number of H-pyrrole nitrogens is 1. The molecule has 1 atom stereocenters. The van der Waals surface area contributed by atoms with Crippen LogP contribution in [0.2, 0.25) is 0 Å². The standard InChI is InChI=1S/C14H15N5/c1-9-3-4-11-12(7-9)19-14(18-11)10(2)17-13-5-6-15-8-16-13/h3-8,10H,1-2H3,(H,18,19)(H,15,16,17)/t10-/m1/s1. The summed E-state index contributed by atoms with van der Waals surface area (Å²) in [6, 6.07) is 8.09. The number of anilines is 1. The molecule has 5 nitrogen and oxygen atoms in total. The summed E-state index contributed by atoms with van der Waals surface area (Å²) < 4.78 is 0. The minimum Gasteiger partial charge on any atom is -0.360 e. The van der Waals surface area contributed by atoms with Crippen molar-refractivity contribution in [3.63, 3.8) is 0 Å². The van der Waals surface area contributed by atoms with E-state index in [4.69, 9.17) is 0 Å². The number of hydrogen-bond donors (Lipinski definition) is 2. The summed E-state index contributed by atoms with van der Waals surface area (Å²) in [5, 5.41) is 3.29. The Balaban J connectivity index is 1.87. The molecule has 2 aromatic heterocycles. The van der Waals surface area contributed by atoms with E-state index < -0.39 is 0 Å². The van der Waals surface area contributed by atoms with Gasteiger partial charge in [-0.3, -0.25) is 0 Å². The van der Waals surface area contributed by atoms with Crippen molar-refractivity contribution in [3.05, 3.63) is 48.2 Å². The molecule has 19 heavy (non-hydrogen) atoms. The zero-order valence-corrected chi connectivity index (χ0v) is 10.9. The maximum Gasteiger partial charge on any atom is 0.129 e. The Morgan fingerprint density at radius 2 is 2.16 bits per heavy atom. The van der Waals surface area contributed by atoms with E-state index >= 15 is 0 Å². The molecule has 0 saturated heterocycles. The van der Waals surface area contributed by atoms with Crippen LogP contribution >= 0.6 is 0 Å². The number of hydrogen-bond acceptors (Lipinski definition) is 4. The van der Waals surface area contributed by atoms with E-state index in [-0.39, 0.29) is 6.04 Å². The van der Waals surface area contributed by atoms with Gasteiger partial charge in [-0.05, 0) is 37.6 Å². The fourth-order valence-electron chi connectivity index (χ4n) is 2.01. The minimum atomic E-state index is 0.0580. The second-order valence-electron chi connectivity index (χ2n) is 4.60. The highest BCUT2D eigenvalue weighted by molar-refractivity contribution is 5.76. The molecule has 96 valence electrons. The summed E-state index contributed by atoms with van der Waals surface area (Å²) in [7, 11) is 0. The molecule has 3 rings (SSSR count). The predicted molar refractivity (Wildman–Crippen MR) is 74.9 cm³/mol. The molecule has 0 amide bonds. The van der Waals surface area contributed by atoms with Crippen molar-refractivity contribution in [2.24, 2.45) is 0 Å². The third kappa shape index (κ3) is 2.40. The molecular weight excluding hydrogens is 238 g/mol. The average molecular weight is 253 g/mol. The highest BCUT2D eigenvalue weighted by atomic mass is 15.1. The summed E-state index contributed by atoms with van der Waals surface area (Å²) in [5.74, 6) is 1.69. The lowest BCUT2D eigenvalue weighted by Crippen LogP contribution is -2.09. The average Bonchev–Trinajstić information content (AvgIpc) is 2.83. The Labute approximate surface area is 111 Å². The zero-order chi connectivity index (χ0) is 13.2. The summed E-state index contributed by atoms with van der Waals surface area (Å²) >= 11 is 0. The van der Waals surface area contributed by atoms with Gasteiger partial charge >= 0.3 is 0 Å². The molecule has 0 aliphatic carbocycles. The van der Waals surface area contributed by atoms with E-state index in [0.717, 1.165) is 22.7 Å². The van der Waals surface area contributed by atoms with Gasteiger partial charge in [-0.25, -0.2) is 15.0 Å². The maximum absolute atomic E-state index is 4.59. The highest BCUT2D eigenvalue weighted by Gasteiger charge is 2.11. The lowest BCUT2D eigenvalue weighted by atomic mass is 10.2. The molecule has 0 radical (unpaired) electrons. The van der Waals surface area contributed by atoms with Gasteiger partial charge in [0.1, 0.15) is 18.0 Å². The van der Waals surface area contributed by atoms with E-state index in [1.165, 1.54) is 11.9 Å². The van der Waals surface area contributed by atoms with Crippen LogP contribution in [0.1, 0.15) is 24.4 Å². The highest BCUT2D eigenvalue weighted by Crippen LogP contribution is 2.19. The predicted octanol–water partition coefficient (Wildman–Crippen LogP) is 2.83. The molecule has 0 aliphatic heterocycles. The first-order valence-electron chi connectivity index (χ1n) is 6.21. The van der Waals surface area contributed by atoms with E-state index in [0.29, 0.717) is 0 Å². The van der Waals surface area contributed by atoms with Crippen molar-refractivity contribution < 1.29 is 0 Å². The summed E-state index contributed by atoms with van der Waals surface area (Å²) in [6.45, 7) is 4.12. The molecule has 0 saturated carbocycles. The Morgan fingerprint density at radius 1 is 1.26 bits per heavy atom. The van der Waals surface area contributed by atoms with Crippen LogP contribution in [0.4, 0.5) is 5.82 Å². The second-order valence-corrected chi connectivity index (χ2v) is 4.60. The van der Waals surface area contributed by atoms with Gasteiger partial charge in [0.15, 0.2) is 0 Å². The maximum atomic E-state index is 4.59. The van der Waals surface area contributed by atoms with Crippen molar-refractivity contribution in [2.75, 3.05) is 5.32 Å². The molecule has 0 unspecified atom stereocenters. The first-order valence-corrected chi connectivity index (χ1v) is 6.21. The number of rotatable bonds is 3. The molecule has 0 bridgehead atoms. The Bertz CT molecular complexity index is 689. The molecule has 2 heterocycles. The Morgan fingerprint density at radius 3 is 2.95 bits per heavy atom. The summed E-state index contributed by atoms with van der Waals surface area (Å²) in [4.78, 5) is 16.0. The third-order valence-electron chi connectivity index (χ3n) is 3.01. The first-order chi connectivity index (χ1) is 9.22. The van der Waals surface area contributed by atoms with Gasteiger partial charge in [0.2, 0.25) is 0 Å². The van der Waals surface area contributed by atoms with Gasteiger partial charge in [0, 0.05) is 6.20 Å². The van der Waals surface area contributed by atoms with Gasteiger partial charge < -0.3 is 10.3 Å². The van der Waals surface area contributed by atoms with Crippen LogP contribution in [-0.2, 0) is 0 Å². The van der Waals surface area contributed by atoms with Crippen LogP contribution in [0.3, 0.4) is 0 Å². The second kappa shape index (κ2) is 4.68. The summed E-state index contributed by atoms with van der Waals surface area (Å²) in [6.07, 6.45) is 3.24. The number of aromatic amines is 1. The van der Waals surface area contributed by atoms with Crippen molar-refractivity contribution >= 4 is 16.9 Å². The lowest BCUT2D eigenvalue weighted by Gasteiger charge is -2.11. The lowest BCUT2D eigenvalue weighted by molar-refractivity contribution is 0.807. The van der Waals surface area contributed by atoms with Gasteiger partial charge in [0.05, 0.1) is 17.1 Å². The number of nitrogens with zero attached hydrogens (tertiary/aromatic N) is 3. The van der Waals surface area contributed by atoms with E-state index in [9.17, 15) is 0 Å². The number of nitrogens with one attached hydrogen (secondary N) is 2. The molecule has 0 spiro atoms. The number of fused-ring (bicyclic) bond motifs is 1. The number of aromatic nitrogens is 4. The molecule has 0 fully saturated rings. The van der Waals surface area contributed by atoms with Crippen LogP contribution < -0.4 is 5.32 Å². The zero-order valence-electron chi connectivity index (χ0n) is 10.9. The van der Waals surface area contributed by atoms with Crippen LogP contribution in [0.15, 0.2) is 36.8 Å². The number of aryl methyl sites for hydroxylation is 1. The van der Waals surface area contributed by atoms with Crippen molar-refractivity contribution in [2.45, 2.75) is 19.9 Å². The first kappa shape index (κ1) is 11.6. The Kier molecular flexibility index (Phi) is 2.87. The van der Waals surface area contributed by atoms with Gasteiger partial charge in [-0.15, -0.1) is 0 Å². The normalized spacial score (nSPS) is 12.5. The van der Waals surface area contributed by atoms with E-state index in [1.54, 1.807) is 6.20 Å². The number of imidazole rings is 1. The largest absolute Gasteiger partial charge is 0.360 e. The molecule has 3 aromatic rings. The fraction of sp³-hybridized carbons (Fsp3) is 0.214. The van der Waals surface area contributed by atoms with Gasteiger partial charge in [0.25, 0.3) is 0 Å². The van der Waals surface area contributed by atoms with Crippen LogP contribution in [-0.4, -0.2) is 19.9 Å². The van der Waals surface area contributed by atoms with Crippen molar-refractivity contribution in [1.29, 1.82) is 0 Å². The number of benzene rings is 1. The summed E-state index contributed by atoms with van der Waals surface area (Å²) in [5.41, 5.74) is 3.27. The fourth-order valence-corrected chi connectivity index (χ4v) is 2.01. The van der Waals surface area contributed by atoms with Crippen LogP contribution in [0, 0.1) is 6.92 Å². The molecule has 5 heteroatoms. The topological polar surface area (TPSA) is 66.5 Å². The molecular formula is C14H15N5. The molecule has 0 aliphatic rings. The Hall–Kier alpha value is -2.43. The third-order valence-corrected chi connectivity index (χ3v) is 3.01. The van der Waals surface area contributed by atoms with Crippen molar-refractivity contribution in [1.82, 2.24) is 19.9 Å². The monoisotopic (exact) mass is 253 g/mol. The van der Waals surface area contributed by atoms with E-state index in [1.807, 2.05) is 19.1 Å². The van der Waals surface area contributed by atoms with Crippen LogP contribution in [0.25, 0.3) is 11.0 Å². The SMILES string of the molecule is Cc1ccc2nc([C@@H](C)Nc3ccncn3)[nH]c2c1. The molecule has 2 N–H and O–H groups in total. The smallest absolute Gasteiger partial charge is 0.129 e.